The lowest BCUT2D eigenvalue weighted by atomic mass is 10.2. The molecule has 1 unspecified atom stereocenters. The highest BCUT2D eigenvalue weighted by Crippen LogP contribution is 2.36. The summed E-state index contributed by atoms with van der Waals surface area (Å²) in [6.07, 6.45) is 2.49. The molecule has 1 rings (SSSR count). The fourth-order valence-electron chi connectivity index (χ4n) is 0.786. The molecule has 0 spiro atoms. The molecule has 2 N–H and O–H groups in total. The zero-order valence-corrected chi connectivity index (χ0v) is 6.70. The molecule has 0 bridgehead atoms. The van der Waals surface area contributed by atoms with Crippen molar-refractivity contribution < 1.29 is 4.74 Å². The van der Waals surface area contributed by atoms with Gasteiger partial charge in [0.05, 0.1) is 6.10 Å². The van der Waals surface area contributed by atoms with E-state index in [4.69, 9.17) is 10.5 Å². The van der Waals surface area contributed by atoms with E-state index in [-0.39, 0.29) is 24.0 Å². The second-order valence-corrected chi connectivity index (χ2v) is 2.61. The molecule has 56 valence electrons. The first-order valence-electron chi connectivity index (χ1n) is 3.01. The highest BCUT2D eigenvalue weighted by molar-refractivity contribution is 5.85. The zero-order valence-electron chi connectivity index (χ0n) is 5.89. The largest absolute Gasteiger partial charge is 0.380 e. The van der Waals surface area contributed by atoms with Crippen LogP contribution in [0.1, 0.15) is 19.8 Å². The fraction of sp³-hybridized carbons (Fsp3) is 1.00. The third-order valence-corrected chi connectivity index (χ3v) is 1.99. The van der Waals surface area contributed by atoms with E-state index in [0.717, 1.165) is 12.8 Å². The van der Waals surface area contributed by atoms with Crippen molar-refractivity contribution in [1.29, 1.82) is 0 Å². The number of halogens is 1. The van der Waals surface area contributed by atoms with Crippen LogP contribution in [0, 0.1) is 0 Å². The summed E-state index contributed by atoms with van der Waals surface area (Å²) in [6, 6.07) is 0. The van der Waals surface area contributed by atoms with Crippen LogP contribution in [-0.2, 0) is 4.74 Å². The van der Waals surface area contributed by atoms with E-state index in [1.165, 1.54) is 0 Å². The van der Waals surface area contributed by atoms with Gasteiger partial charge in [-0.25, -0.2) is 0 Å². The molecule has 2 nitrogen and oxygen atoms in total. The molecule has 0 heterocycles. The summed E-state index contributed by atoms with van der Waals surface area (Å²) in [4.78, 5) is 0. The Labute approximate surface area is 62.2 Å². The van der Waals surface area contributed by atoms with E-state index in [1.54, 1.807) is 7.11 Å². The normalized spacial score (nSPS) is 24.3. The van der Waals surface area contributed by atoms with Crippen molar-refractivity contribution in [2.45, 2.75) is 31.4 Å². The van der Waals surface area contributed by atoms with Gasteiger partial charge in [0.2, 0.25) is 0 Å². The highest BCUT2D eigenvalue weighted by atomic mass is 35.5. The quantitative estimate of drug-likeness (QED) is 0.638. The van der Waals surface area contributed by atoms with E-state index in [2.05, 4.69) is 0 Å². The molecule has 0 radical (unpaired) electrons. The second-order valence-electron chi connectivity index (χ2n) is 2.61. The average Bonchev–Trinajstić information content (AvgIpc) is 2.47. The van der Waals surface area contributed by atoms with E-state index in [9.17, 15) is 0 Å². The fourth-order valence-corrected chi connectivity index (χ4v) is 0.786. The maximum Gasteiger partial charge on any atom is 0.0722 e. The molecule has 1 aliphatic carbocycles. The molecule has 1 aliphatic rings. The van der Waals surface area contributed by atoms with Crippen LogP contribution in [0.25, 0.3) is 0 Å². The summed E-state index contributed by atoms with van der Waals surface area (Å²) in [7, 11) is 1.71. The van der Waals surface area contributed by atoms with Crippen LogP contribution in [0.3, 0.4) is 0 Å². The van der Waals surface area contributed by atoms with Crippen LogP contribution in [0.2, 0.25) is 0 Å². The lowest BCUT2D eigenvalue weighted by Crippen LogP contribution is -2.35. The summed E-state index contributed by atoms with van der Waals surface area (Å²) < 4.78 is 5.05. The molecular weight excluding hydrogens is 138 g/mol. The van der Waals surface area contributed by atoms with Crippen molar-refractivity contribution in [3.05, 3.63) is 0 Å². The minimum Gasteiger partial charge on any atom is -0.380 e. The molecule has 0 aliphatic heterocycles. The van der Waals surface area contributed by atoms with Crippen molar-refractivity contribution in [1.82, 2.24) is 0 Å². The lowest BCUT2D eigenvalue weighted by Gasteiger charge is -2.15. The Bertz CT molecular complexity index is 93.1. The molecular formula is C6H14ClNO. The number of nitrogens with two attached hydrogens (primary N) is 1. The molecule has 1 saturated carbocycles. The van der Waals surface area contributed by atoms with Gasteiger partial charge in [-0.05, 0) is 19.8 Å². The second kappa shape index (κ2) is 2.86. The zero-order chi connectivity index (χ0) is 6.20. The Kier molecular flexibility index (Phi) is 2.93. The first kappa shape index (κ1) is 9.21. The predicted octanol–water partition coefficient (Wildman–Crippen LogP) is 0.934. The topological polar surface area (TPSA) is 35.2 Å². The Balaban J connectivity index is 0.000000640. The third-order valence-electron chi connectivity index (χ3n) is 1.99. The monoisotopic (exact) mass is 151 g/mol. The average molecular weight is 152 g/mol. The maximum absolute atomic E-state index is 5.78. The first-order chi connectivity index (χ1) is 3.69. The van der Waals surface area contributed by atoms with Gasteiger partial charge in [-0.15, -0.1) is 12.4 Å². The SMILES string of the molecule is COC(C)C1(N)CC1.Cl. The van der Waals surface area contributed by atoms with Gasteiger partial charge in [-0.1, -0.05) is 0 Å². The maximum atomic E-state index is 5.78. The van der Waals surface area contributed by atoms with Crippen LogP contribution in [0.15, 0.2) is 0 Å². The van der Waals surface area contributed by atoms with Gasteiger partial charge in [-0.3, -0.25) is 0 Å². The summed E-state index contributed by atoms with van der Waals surface area (Å²) in [5, 5.41) is 0. The number of hydrogen-bond acceptors (Lipinski definition) is 2. The van der Waals surface area contributed by atoms with Crippen LogP contribution in [-0.4, -0.2) is 18.8 Å². The molecule has 1 fully saturated rings. The number of methoxy groups -OCH3 is 1. The van der Waals surface area contributed by atoms with Gasteiger partial charge in [0, 0.05) is 12.6 Å². The highest BCUT2D eigenvalue weighted by Gasteiger charge is 2.43. The van der Waals surface area contributed by atoms with E-state index < -0.39 is 0 Å². The van der Waals surface area contributed by atoms with Crippen LogP contribution < -0.4 is 5.73 Å². The van der Waals surface area contributed by atoms with E-state index in [1.807, 2.05) is 6.92 Å². The van der Waals surface area contributed by atoms with Crippen LogP contribution in [0.4, 0.5) is 0 Å². The standard InChI is InChI=1S/C6H13NO.ClH/c1-5(8-2)6(7)3-4-6;/h5H,3-4,7H2,1-2H3;1H. The molecule has 9 heavy (non-hydrogen) atoms. The molecule has 0 aromatic rings. The Morgan fingerprint density at radius 2 is 2.00 bits per heavy atom. The van der Waals surface area contributed by atoms with Crippen molar-refractivity contribution in [3.8, 4) is 0 Å². The Hall–Kier alpha value is 0.210. The van der Waals surface area contributed by atoms with Crippen LogP contribution >= 0.6 is 12.4 Å². The van der Waals surface area contributed by atoms with E-state index in [0.29, 0.717) is 0 Å². The van der Waals surface area contributed by atoms with Gasteiger partial charge in [-0.2, -0.15) is 0 Å². The molecule has 3 heteroatoms. The van der Waals surface area contributed by atoms with Crippen molar-refractivity contribution in [2.24, 2.45) is 5.73 Å². The summed E-state index contributed by atoms with van der Waals surface area (Å²) >= 11 is 0. The van der Waals surface area contributed by atoms with Gasteiger partial charge >= 0.3 is 0 Å². The van der Waals surface area contributed by atoms with Crippen molar-refractivity contribution >= 4 is 12.4 Å². The summed E-state index contributed by atoms with van der Waals surface area (Å²) in [6.45, 7) is 2.02. The molecule has 0 saturated heterocycles. The summed E-state index contributed by atoms with van der Waals surface area (Å²) in [5.74, 6) is 0. The number of rotatable bonds is 2. The van der Waals surface area contributed by atoms with Crippen molar-refractivity contribution in [2.75, 3.05) is 7.11 Å². The van der Waals surface area contributed by atoms with Gasteiger partial charge < -0.3 is 10.5 Å². The predicted molar refractivity (Wildman–Crippen MR) is 39.9 cm³/mol. The van der Waals surface area contributed by atoms with Gasteiger partial charge in [0.25, 0.3) is 0 Å². The molecule has 1 atom stereocenters. The van der Waals surface area contributed by atoms with E-state index >= 15 is 0 Å². The molecule has 0 aromatic carbocycles. The van der Waals surface area contributed by atoms with Crippen LogP contribution in [0.5, 0.6) is 0 Å². The summed E-state index contributed by atoms with van der Waals surface area (Å²) in [5.41, 5.74) is 5.81. The van der Waals surface area contributed by atoms with Gasteiger partial charge in [0.15, 0.2) is 0 Å². The minimum absolute atomic E-state index is 0. The third kappa shape index (κ3) is 1.81. The Morgan fingerprint density at radius 1 is 1.56 bits per heavy atom. The van der Waals surface area contributed by atoms with Gasteiger partial charge in [0.1, 0.15) is 0 Å². The Morgan fingerprint density at radius 3 is 2.11 bits per heavy atom. The number of hydrogen-bond donors (Lipinski definition) is 1. The molecule has 0 amide bonds. The minimum atomic E-state index is 0. The molecule has 0 aromatic heterocycles. The first-order valence-corrected chi connectivity index (χ1v) is 3.01. The smallest absolute Gasteiger partial charge is 0.0722 e. The number of ether oxygens (including phenoxy) is 1. The van der Waals surface area contributed by atoms with Crippen molar-refractivity contribution in [3.63, 3.8) is 0 Å². The lowest BCUT2D eigenvalue weighted by molar-refractivity contribution is 0.0876.